The largest absolute Gasteiger partial charge is 0.356 e. The van der Waals surface area contributed by atoms with Crippen LogP contribution >= 0.6 is 0 Å². The number of amides is 2. The Morgan fingerprint density at radius 2 is 1.96 bits per heavy atom. The van der Waals surface area contributed by atoms with Gasteiger partial charge in [-0.3, -0.25) is 14.5 Å². The summed E-state index contributed by atoms with van der Waals surface area (Å²) in [5, 5.41) is 5.89. The third kappa shape index (κ3) is 4.79. The number of hydrogen-bond donors (Lipinski definition) is 2. The summed E-state index contributed by atoms with van der Waals surface area (Å²) < 4.78 is 0. The van der Waals surface area contributed by atoms with Crippen LogP contribution in [0.15, 0.2) is 18.2 Å². The van der Waals surface area contributed by atoms with Crippen LogP contribution in [0.2, 0.25) is 0 Å². The van der Waals surface area contributed by atoms with Gasteiger partial charge in [-0.15, -0.1) is 0 Å². The molecule has 1 saturated heterocycles. The zero-order chi connectivity index (χ0) is 16.8. The van der Waals surface area contributed by atoms with Crippen molar-refractivity contribution in [3.63, 3.8) is 0 Å². The molecule has 1 atom stereocenters. The molecule has 126 valence electrons. The van der Waals surface area contributed by atoms with Crippen LogP contribution < -0.4 is 10.6 Å². The summed E-state index contributed by atoms with van der Waals surface area (Å²) in [6.07, 6.45) is 1.86. The maximum Gasteiger partial charge on any atom is 0.238 e. The van der Waals surface area contributed by atoms with Crippen LogP contribution in [0.1, 0.15) is 30.9 Å². The van der Waals surface area contributed by atoms with E-state index in [1.54, 1.807) is 0 Å². The summed E-state index contributed by atoms with van der Waals surface area (Å²) in [6.45, 7) is 8.44. The molecule has 1 aromatic rings. The standard InChI is InChI=1S/C18H27N3O2/c1-4-19-18(23)15-9-6-10-21(11-15)12-16(22)20-17-13(2)7-5-8-14(17)3/h5,7-8,15H,4,6,9-12H2,1-3H3,(H,19,23)(H,20,22). The van der Waals surface area contributed by atoms with Crippen molar-refractivity contribution in [3.05, 3.63) is 29.3 Å². The lowest BCUT2D eigenvalue weighted by atomic mass is 9.97. The number of hydrogen-bond acceptors (Lipinski definition) is 3. The van der Waals surface area contributed by atoms with Crippen molar-refractivity contribution in [2.24, 2.45) is 5.92 Å². The molecule has 0 saturated carbocycles. The van der Waals surface area contributed by atoms with Gasteiger partial charge in [0.25, 0.3) is 0 Å². The smallest absolute Gasteiger partial charge is 0.238 e. The van der Waals surface area contributed by atoms with E-state index in [-0.39, 0.29) is 17.7 Å². The number of carbonyl (C=O) groups excluding carboxylic acids is 2. The Morgan fingerprint density at radius 3 is 2.61 bits per heavy atom. The Morgan fingerprint density at radius 1 is 1.26 bits per heavy atom. The number of aryl methyl sites for hydroxylation is 2. The van der Waals surface area contributed by atoms with Gasteiger partial charge in [0.2, 0.25) is 11.8 Å². The van der Waals surface area contributed by atoms with E-state index in [2.05, 4.69) is 15.5 Å². The first-order valence-corrected chi connectivity index (χ1v) is 8.37. The summed E-state index contributed by atoms with van der Waals surface area (Å²) >= 11 is 0. The van der Waals surface area contributed by atoms with Crippen LogP contribution in [0.25, 0.3) is 0 Å². The van der Waals surface area contributed by atoms with Crippen LogP contribution in [0.3, 0.4) is 0 Å². The number of anilines is 1. The minimum atomic E-state index is -0.0149. The molecule has 2 rings (SSSR count). The second-order valence-corrected chi connectivity index (χ2v) is 6.28. The highest BCUT2D eigenvalue weighted by atomic mass is 16.2. The summed E-state index contributed by atoms with van der Waals surface area (Å²) in [4.78, 5) is 26.4. The van der Waals surface area contributed by atoms with Gasteiger partial charge in [-0.25, -0.2) is 0 Å². The molecule has 0 spiro atoms. The third-order valence-electron chi connectivity index (χ3n) is 4.34. The number of nitrogens with one attached hydrogen (secondary N) is 2. The second-order valence-electron chi connectivity index (χ2n) is 6.28. The van der Waals surface area contributed by atoms with E-state index in [0.29, 0.717) is 19.6 Å². The van der Waals surface area contributed by atoms with E-state index in [9.17, 15) is 9.59 Å². The number of rotatable bonds is 5. The lowest BCUT2D eigenvalue weighted by Gasteiger charge is -2.31. The highest BCUT2D eigenvalue weighted by molar-refractivity contribution is 5.93. The van der Waals surface area contributed by atoms with Crippen LogP contribution in [0.4, 0.5) is 5.69 Å². The number of nitrogens with zero attached hydrogens (tertiary/aromatic N) is 1. The molecule has 0 bridgehead atoms. The van der Waals surface area contributed by atoms with Crippen molar-refractivity contribution in [1.29, 1.82) is 0 Å². The number of carbonyl (C=O) groups is 2. The minimum absolute atomic E-state index is 0.00306. The molecule has 0 aromatic heterocycles. The number of likely N-dealkylation sites (tertiary alicyclic amines) is 1. The lowest BCUT2D eigenvalue weighted by molar-refractivity contribution is -0.127. The van der Waals surface area contributed by atoms with Gasteiger partial charge in [0.05, 0.1) is 12.5 Å². The fourth-order valence-corrected chi connectivity index (χ4v) is 3.13. The molecular formula is C18H27N3O2. The Hall–Kier alpha value is -1.88. The van der Waals surface area contributed by atoms with E-state index >= 15 is 0 Å². The van der Waals surface area contributed by atoms with Crippen molar-refractivity contribution in [2.45, 2.75) is 33.6 Å². The van der Waals surface area contributed by atoms with Gasteiger partial charge in [-0.2, -0.15) is 0 Å². The minimum Gasteiger partial charge on any atom is -0.356 e. The lowest BCUT2D eigenvalue weighted by Crippen LogP contribution is -2.45. The monoisotopic (exact) mass is 317 g/mol. The Kier molecular flexibility index (Phi) is 6.16. The molecular weight excluding hydrogens is 290 g/mol. The number of benzene rings is 1. The van der Waals surface area contributed by atoms with Gasteiger partial charge in [-0.05, 0) is 51.3 Å². The molecule has 2 N–H and O–H groups in total. The summed E-state index contributed by atoms with van der Waals surface area (Å²) in [5.41, 5.74) is 3.03. The van der Waals surface area contributed by atoms with E-state index < -0.39 is 0 Å². The quantitative estimate of drug-likeness (QED) is 0.874. The van der Waals surface area contributed by atoms with Crippen LogP contribution in [0.5, 0.6) is 0 Å². The Bertz CT molecular complexity index is 551. The molecule has 0 radical (unpaired) electrons. The van der Waals surface area contributed by atoms with Crippen LogP contribution in [-0.2, 0) is 9.59 Å². The van der Waals surface area contributed by atoms with E-state index in [1.165, 1.54) is 0 Å². The summed E-state index contributed by atoms with van der Waals surface area (Å²) in [6, 6.07) is 5.98. The molecule has 1 heterocycles. The van der Waals surface area contributed by atoms with Gasteiger partial charge >= 0.3 is 0 Å². The van der Waals surface area contributed by atoms with Crippen molar-refractivity contribution in [3.8, 4) is 0 Å². The van der Waals surface area contributed by atoms with Gasteiger partial charge in [0.1, 0.15) is 0 Å². The first kappa shape index (κ1) is 17.5. The predicted octanol–water partition coefficient (Wildman–Crippen LogP) is 2.09. The summed E-state index contributed by atoms with van der Waals surface area (Å²) in [5.74, 6) is 0.0861. The Labute approximate surface area is 138 Å². The fraction of sp³-hybridized carbons (Fsp3) is 0.556. The second kappa shape index (κ2) is 8.11. The van der Waals surface area contributed by atoms with E-state index in [1.807, 2.05) is 39.0 Å². The van der Waals surface area contributed by atoms with Crippen molar-refractivity contribution in [2.75, 3.05) is 31.5 Å². The van der Waals surface area contributed by atoms with Crippen molar-refractivity contribution >= 4 is 17.5 Å². The molecule has 1 aliphatic rings. The average molecular weight is 317 g/mol. The normalized spacial score (nSPS) is 18.5. The Balaban J connectivity index is 1.91. The molecule has 2 amide bonds. The summed E-state index contributed by atoms with van der Waals surface area (Å²) in [7, 11) is 0. The molecule has 5 nitrogen and oxygen atoms in total. The molecule has 5 heteroatoms. The zero-order valence-corrected chi connectivity index (χ0v) is 14.3. The van der Waals surface area contributed by atoms with Crippen molar-refractivity contribution in [1.82, 2.24) is 10.2 Å². The molecule has 1 aromatic carbocycles. The maximum absolute atomic E-state index is 12.3. The molecule has 23 heavy (non-hydrogen) atoms. The average Bonchev–Trinajstić information content (AvgIpc) is 2.51. The van der Waals surface area contributed by atoms with Gasteiger partial charge in [0, 0.05) is 18.8 Å². The van der Waals surface area contributed by atoms with Gasteiger partial charge in [-0.1, -0.05) is 18.2 Å². The predicted molar refractivity (Wildman–Crippen MR) is 92.4 cm³/mol. The van der Waals surface area contributed by atoms with Crippen molar-refractivity contribution < 1.29 is 9.59 Å². The van der Waals surface area contributed by atoms with Gasteiger partial charge in [0.15, 0.2) is 0 Å². The first-order chi connectivity index (χ1) is 11.0. The number of para-hydroxylation sites is 1. The molecule has 1 fully saturated rings. The molecule has 0 aliphatic carbocycles. The molecule has 1 aliphatic heterocycles. The van der Waals surface area contributed by atoms with Gasteiger partial charge < -0.3 is 10.6 Å². The van der Waals surface area contributed by atoms with Crippen LogP contribution in [-0.4, -0.2) is 42.9 Å². The number of piperidine rings is 1. The SMILES string of the molecule is CCNC(=O)C1CCCN(CC(=O)Nc2c(C)cccc2C)C1. The zero-order valence-electron chi connectivity index (χ0n) is 14.3. The van der Waals surface area contributed by atoms with Crippen LogP contribution in [0, 0.1) is 19.8 Å². The highest BCUT2D eigenvalue weighted by Gasteiger charge is 2.26. The van der Waals surface area contributed by atoms with E-state index in [4.69, 9.17) is 0 Å². The third-order valence-corrected chi connectivity index (χ3v) is 4.34. The maximum atomic E-state index is 12.3. The fourth-order valence-electron chi connectivity index (χ4n) is 3.13. The molecule has 1 unspecified atom stereocenters. The topological polar surface area (TPSA) is 61.4 Å². The first-order valence-electron chi connectivity index (χ1n) is 8.37. The highest BCUT2D eigenvalue weighted by Crippen LogP contribution is 2.20. The van der Waals surface area contributed by atoms with E-state index in [0.717, 1.165) is 36.2 Å².